The van der Waals surface area contributed by atoms with Crippen molar-refractivity contribution in [1.29, 1.82) is 0 Å². The molecule has 5 heteroatoms. The first-order valence-electron chi connectivity index (χ1n) is 5.38. The second-order valence-corrected chi connectivity index (χ2v) is 4.15. The lowest BCUT2D eigenvalue weighted by Crippen LogP contribution is -2.08. The number of rotatable bonds is 4. The number of nitrogens with zero attached hydrogens (tertiary/aromatic N) is 2. The molecule has 0 aliphatic heterocycles. The van der Waals surface area contributed by atoms with Crippen molar-refractivity contribution in [1.82, 2.24) is 9.97 Å². The maximum atomic E-state index is 11.6. The Kier molecular flexibility index (Phi) is 4.25. The second-order valence-electron chi connectivity index (χ2n) is 3.71. The number of hydrogen-bond donors (Lipinski definition) is 0. The maximum absolute atomic E-state index is 11.6. The average Bonchev–Trinajstić information content (AvgIpc) is 2.38. The van der Waals surface area contributed by atoms with Crippen LogP contribution in [0.1, 0.15) is 11.1 Å². The molecule has 2 heterocycles. The summed E-state index contributed by atoms with van der Waals surface area (Å²) in [6.45, 7) is 0.173. The summed E-state index contributed by atoms with van der Waals surface area (Å²) in [5, 5.41) is 0.524. The van der Waals surface area contributed by atoms with Crippen molar-refractivity contribution < 1.29 is 9.53 Å². The van der Waals surface area contributed by atoms with Crippen LogP contribution in [0, 0.1) is 0 Å². The molecular formula is C13H11ClN2O2. The summed E-state index contributed by atoms with van der Waals surface area (Å²) in [5.74, 6) is -0.303. The summed E-state index contributed by atoms with van der Waals surface area (Å²) < 4.78 is 5.12. The van der Waals surface area contributed by atoms with Gasteiger partial charge in [-0.3, -0.25) is 14.8 Å². The molecule has 2 rings (SSSR count). The van der Waals surface area contributed by atoms with Gasteiger partial charge >= 0.3 is 5.97 Å². The molecule has 0 unspecified atom stereocenters. The molecule has 0 aromatic carbocycles. The number of ether oxygens (including phenoxy) is 1. The molecule has 0 atom stereocenters. The first kappa shape index (κ1) is 12.5. The van der Waals surface area contributed by atoms with E-state index in [9.17, 15) is 4.79 Å². The number of carbonyl (C=O) groups is 1. The van der Waals surface area contributed by atoms with Gasteiger partial charge in [0.15, 0.2) is 0 Å². The standard InChI is InChI=1S/C13H11ClN2O2/c14-12-4-11(7-16-8-12)9-18-13(17)5-10-2-1-3-15-6-10/h1-4,6-8H,5,9H2. The highest BCUT2D eigenvalue weighted by atomic mass is 35.5. The highest BCUT2D eigenvalue weighted by Crippen LogP contribution is 2.09. The third kappa shape index (κ3) is 3.82. The van der Waals surface area contributed by atoms with Crippen LogP contribution in [-0.4, -0.2) is 15.9 Å². The van der Waals surface area contributed by atoms with Crippen molar-refractivity contribution in [2.75, 3.05) is 0 Å². The fourth-order valence-corrected chi connectivity index (χ4v) is 1.62. The first-order valence-corrected chi connectivity index (χ1v) is 5.76. The molecule has 0 aliphatic rings. The Hall–Kier alpha value is -1.94. The fraction of sp³-hybridized carbons (Fsp3) is 0.154. The molecular weight excluding hydrogens is 252 g/mol. The topological polar surface area (TPSA) is 52.1 Å². The van der Waals surface area contributed by atoms with Crippen molar-refractivity contribution in [2.24, 2.45) is 0 Å². The third-order valence-corrected chi connectivity index (χ3v) is 2.44. The molecule has 0 radical (unpaired) electrons. The zero-order valence-corrected chi connectivity index (χ0v) is 10.3. The minimum atomic E-state index is -0.303. The van der Waals surface area contributed by atoms with Crippen molar-refractivity contribution in [3.05, 3.63) is 59.1 Å². The van der Waals surface area contributed by atoms with E-state index in [0.717, 1.165) is 11.1 Å². The van der Waals surface area contributed by atoms with Crippen LogP contribution >= 0.6 is 11.6 Å². The van der Waals surface area contributed by atoms with Gasteiger partial charge in [-0.05, 0) is 17.7 Å². The first-order chi connectivity index (χ1) is 8.74. The van der Waals surface area contributed by atoms with Crippen LogP contribution in [0.4, 0.5) is 0 Å². The third-order valence-electron chi connectivity index (χ3n) is 2.23. The summed E-state index contributed by atoms with van der Waals surface area (Å²) in [6.07, 6.45) is 6.66. The average molecular weight is 263 g/mol. The summed E-state index contributed by atoms with van der Waals surface area (Å²) >= 11 is 5.78. The summed E-state index contributed by atoms with van der Waals surface area (Å²) in [6, 6.07) is 5.32. The van der Waals surface area contributed by atoms with E-state index in [-0.39, 0.29) is 19.0 Å². The molecule has 0 spiro atoms. The Morgan fingerprint density at radius 1 is 1.22 bits per heavy atom. The highest BCUT2D eigenvalue weighted by molar-refractivity contribution is 6.30. The van der Waals surface area contributed by atoms with Gasteiger partial charge in [-0.15, -0.1) is 0 Å². The van der Waals surface area contributed by atoms with Gasteiger partial charge in [0, 0.05) is 30.4 Å². The SMILES string of the molecule is O=C(Cc1cccnc1)OCc1cncc(Cl)c1. The van der Waals surface area contributed by atoms with Crippen LogP contribution in [0.3, 0.4) is 0 Å². The van der Waals surface area contributed by atoms with Gasteiger partial charge in [-0.1, -0.05) is 17.7 Å². The Labute approximate surface area is 110 Å². The van der Waals surface area contributed by atoms with Gasteiger partial charge in [0.1, 0.15) is 6.61 Å². The second kappa shape index (κ2) is 6.12. The zero-order valence-electron chi connectivity index (χ0n) is 9.54. The molecule has 2 aromatic rings. The predicted octanol–water partition coefficient (Wildman–Crippen LogP) is 2.42. The van der Waals surface area contributed by atoms with E-state index in [1.54, 1.807) is 30.7 Å². The summed E-state index contributed by atoms with van der Waals surface area (Å²) in [7, 11) is 0. The minimum Gasteiger partial charge on any atom is -0.460 e. The van der Waals surface area contributed by atoms with Crippen molar-refractivity contribution in [3.63, 3.8) is 0 Å². The molecule has 0 saturated carbocycles. The molecule has 0 fully saturated rings. The summed E-state index contributed by atoms with van der Waals surface area (Å²) in [4.78, 5) is 19.4. The number of esters is 1. The number of hydrogen-bond acceptors (Lipinski definition) is 4. The lowest BCUT2D eigenvalue weighted by molar-refractivity contribution is -0.144. The Morgan fingerprint density at radius 2 is 2.06 bits per heavy atom. The number of carbonyl (C=O) groups excluding carboxylic acids is 1. The van der Waals surface area contributed by atoms with E-state index in [1.165, 1.54) is 6.20 Å². The molecule has 92 valence electrons. The minimum absolute atomic E-state index is 0.173. The summed E-state index contributed by atoms with van der Waals surface area (Å²) in [5.41, 5.74) is 1.59. The zero-order chi connectivity index (χ0) is 12.8. The number of aromatic nitrogens is 2. The maximum Gasteiger partial charge on any atom is 0.310 e. The molecule has 0 amide bonds. The Morgan fingerprint density at radius 3 is 2.78 bits per heavy atom. The van der Waals surface area contributed by atoms with Gasteiger partial charge in [-0.2, -0.15) is 0 Å². The van der Waals surface area contributed by atoms with Crippen LogP contribution in [0.5, 0.6) is 0 Å². The molecule has 18 heavy (non-hydrogen) atoms. The molecule has 0 saturated heterocycles. The van der Waals surface area contributed by atoms with Gasteiger partial charge in [-0.25, -0.2) is 0 Å². The number of pyridine rings is 2. The lowest BCUT2D eigenvalue weighted by Gasteiger charge is -2.04. The largest absolute Gasteiger partial charge is 0.460 e. The quantitative estimate of drug-likeness (QED) is 0.794. The van der Waals surface area contributed by atoms with E-state index < -0.39 is 0 Å². The van der Waals surface area contributed by atoms with Crippen LogP contribution in [0.15, 0.2) is 43.0 Å². The van der Waals surface area contributed by atoms with Crippen LogP contribution in [0.2, 0.25) is 5.02 Å². The van der Waals surface area contributed by atoms with E-state index in [4.69, 9.17) is 16.3 Å². The van der Waals surface area contributed by atoms with Gasteiger partial charge in [0.25, 0.3) is 0 Å². The lowest BCUT2D eigenvalue weighted by atomic mass is 10.2. The van der Waals surface area contributed by atoms with Gasteiger partial charge in [0.2, 0.25) is 0 Å². The molecule has 2 aromatic heterocycles. The van der Waals surface area contributed by atoms with Crippen LogP contribution < -0.4 is 0 Å². The highest BCUT2D eigenvalue weighted by Gasteiger charge is 2.05. The van der Waals surface area contributed by atoms with Crippen molar-refractivity contribution in [2.45, 2.75) is 13.0 Å². The van der Waals surface area contributed by atoms with E-state index >= 15 is 0 Å². The monoisotopic (exact) mass is 262 g/mol. The molecule has 0 bridgehead atoms. The van der Waals surface area contributed by atoms with Crippen LogP contribution in [-0.2, 0) is 22.6 Å². The molecule has 0 aliphatic carbocycles. The Balaban J connectivity index is 1.85. The van der Waals surface area contributed by atoms with E-state index in [1.807, 2.05) is 6.07 Å². The fourth-order valence-electron chi connectivity index (χ4n) is 1.42. The smallest absolute Gasteiger partial charge is 0.310 e. The number of halogens is 1. The Bertz CT molecular complexity index is 532. The molecule has 4 nitrogen and oxygen atoms in total. The van der Waals surface area contributed by atoms with Gasteiger partial charge < -0.3 is 4.74 Å². The van der Waals surface area contributed by atoms with E-state index in [2.05, 4.69) is 9.97 Å². The van der Waals surface area contributed by atoms with Crippen LogP contribution in [0.25, 0.3) is 0 Å². The molecule has 0 N–H and O–H groups in total. The van der Waals surface area contributed by atoms with Crippen molar-refractivity contribution in [3.8, 4) is 0 Å². The predicted molar refractivity (Wildman–Crippen MR) is 67.0 cm³/mol. The normalized spacial score (nSPS) is 10.1. The van der Waals surface area contributed by atoms with E-state index in [0.29, 0.717) is 5.02 Å². The van der Waals surface area contributed by atoms with Crippen molar-refractivity contribution >= 4 is 17.6 Å². The van der Waals surface area contributed by atoms with Gasteiger partial charge in [0.05, 0.1) is 11.4 Å².